The van der Waals surface area contributed by atoms with Gasteiger partial charge >= 0.3 is 5.69 Å². The van der Waals surface area contributed by atoms with Crippen molar-refractivity contribution in [3.05, 3.63) is 32.6 Å². The molecule has 0 saturated carbocycles. The van der Waals surface area contributed by atoms with Crippen LogP contribution in [-0.4, -0.2) is 41.8 Å². The Morgan fingerprint density at radius 1 is 1.38 bits per heavy atom. The van der Waals surface area contributed by atoms with Crippen molar-refractivity contribution in [1.82, 2.24) is 9.55 Å². The van der Waals surface area contributed by atoms with Crippen molar-refractivity contribution >= 4 is 8.32 Å². The molecule has 1 fully saturated rings. The van der Waals surface area contributed by atoms with Crippen LogP contribution in [0.25, 0.3) is 0 Å². The molecule has 1 aliphatic rings. The lowest BCUT2D eigenvalue weighted by Gasteiger charge is -2.39. The first-order valence-corrected chi connectivity index (χ1v) is 12.1. The van der Waals surface area contributed by atoms with Gasteiger partial charge in [-0.3, -0.25) is 14.3 Å². The van der Waals surface area contributed by atoms with Crippen LogP contribution in [0.1, 0.15) is 51.8 Å². The van der Waals surface area contributed by atoms with Crippen LogP contribution in [0.4, 0.5) is 0 Å². The summed E-state index contributed by atoms with van der Waals surface area (Å²) in [6.45, 7) is 12.7. The summed E-state index contributed by atoms with van der Waals surface area (Å²) in [4.78, 5) is 26.2. The van der Waals surface area contributed by atoms with E-state index in [-0.39, 0.29) is 29.4 Å². The highest BCUT2D eigenvalue weighted by Crippen LogP contribution is 2.41. The van der Waals surface area contributed by atoms with Crippen molar-refractivity contribution in [3.63, 3.8) is 0 Å². The molecular weight excluding hydrogens is 352 g/mol. The predicted octanol–water partition coefficient (Wildman–Crippen LogP) is 2.30. The fraction of sp³-hybridized carbons (Fsp3) is 0.778. The summed E-state index contributed by atoms with van der Waals surface area (Å²) in [7, 11) is -2.00. The molecule has 0 unspecified atom stereocenters. The Labute approximate surface area is 155 Å². The number of H-pyrrole nitrogens is 1. The number of ether oxygens (including phenoxy) is 1. The highest BCUT2D eigenvalue weighted by atomic mass is 28.4. The van der Waals surface area contributed by atoms with Crippen LogP contribution >= 0.6 is 0 Å². The van der Waals surface area contributed by atoms with Gasteiger partial charge in [0.2, 0.25) is 0 Å². The number of nitrogens with one attached hydrogen (secondary N) is 1. The summed E-state index contributed by atoms with van der Waals surface area (Å²) in [5.41, 5.74) is -0.386. The van der Waals surface area contributed by atoms with E-state index in [0.29, 0.717) is 24.8 Å². The van der Waals surface area contributed by atoms with Gasteiger partial charge in [0.25, 0.3) is 5.56 Å². The number of aliphatic hydroxyl groups is 1. The van der Waals surface area contributed by atoms with Gasteiger partial charge in [-0.25, -0.2) is 4.79 Å². The van der Waals surface area contributed by atoms with Gasteiger partial charge in [0.05, 0.1) is 12.2 Å². The molecule has 0 spiro atoms. The second-order valence-electron chi connectivity index (χ2n) is 8.63. The quantitative estimate of drug-likeness (QED) is 0.734. The topological polar surface area (TPSA) is 93.6 Å². The highest BCUT2D eigenvalue weighted by Gasteiger charge is 2.45. The van der Waals surface area contributed by atoms with Crippen LogP contribution in [0.2, 0.25) is 18.1 Å². The zero-order chi connectivity index (χ0) is 19.7. The van der Waals surface area contributed by atoms with Crippen LogP contribution in [0, 0.1) is 6.92 Å². The Kier molecular flexibility index (Phi) is 6.32. The van der Waals surface area contributed by atoms with Crippen molar-refractivity contribution < 1.29 is 14.3 Å². The smallest absolute Gasteiger partial charge is 0.330 e. The Balaban J connectivity index is 2.27. The molecule has 1 saturated heterocycles. The molecule has 0 aromatic carbocycles. The molecule has 1 aromatic rings. The van der Waals surface area contributed by atoms with Crippen LogP contribution in [0.3, 0.4) is 0 Å². The van der Waals surface area contributed by atoms with Gasteiger partial charge in [-0.05, 0) is 37.9 Å². The van der Waals surface area contributed by atoms with E-state index < -0.39 is 20.2 Å². The van der Waals surface area contributed by atoms with Gasteiger partial charge in [-0.1, -0.05) is 20.8 Å². The average molecular weight is 385 g/mol. The zero-order valence-corrected chi connectivity index (χ0v) is 17.7. The SMILES string of the molecule is Cc1cn([C@H]2C[C@H](O[Si](C)(C)C(C)(C)C)[C@@H](CCCO)O2)c(=O)[nH]c1=O. The molecule has 2 N–H and O–H groups in total. The Morgan fingerprint density at radius 2 is 2.04 bits per heavy atom. The number of aromatic amines is 1. The summed E-state index contributed by atoms with van der Waals surface area (Å²) in [6.07, 6.45) is 2.60. The van der Waals surface area contributed by atoms with E-state index in [1.54, 1.807) is 13.1 Å². The number of hydrogen-bond acceptors (Lipinski definition) is 5. The van der Waals surface area contributed by atoms with E-state index in [2.05, 4.69) is 38.8 Å². The summed E-state index contributed by atoms with van der Waals surface area (Å²) < 4.78 is 14.1. The lowest BCUT2D eigenvalue weighted by atomic mass is 10.1. The fourth-order valence-electron chi connectivity index (χ4n) is 2.90. The molecule has 0 bridgehead atoms. The molecule has 2 heterocycles. The minimum atomic E-state index is -2.00. The molecular formula is C18H32N2O5Si. The summed E-state index contributed by atoms with van der Waals surface area (Å²) in [6, 6.07) is 0. The number of hydrogen-bond donors (Lipinski definition) is 2. The molecule has 3 atom stereocenters. The van der Waals surface area contributed by atoms with Gasteiger partial charge < -0.3 is 14.3 Å². The normalized spacial score (nSPS) is 24.2. The van der Waals surface area contributed by atoms with E-state index in [1.165, 1.54) is 4.57 Å². The maximum atomic E-state index is 12.2. The average Bonchev–Trinajstić information content (AvgIpc) is 2.89. The number of aromatic nitrogens is 2. The minimum Gasteiger partial charge on any atom is -0.411 e. The van der Waals surface area contributed by atoms with Crippen molar-refractivity contribution in [2.75, 3.05) is 6.61 Å². The molecule has 0 amide bonds. The third-order valence-corrected chi connectivity index (χ3v) is 10.0. The van der Waals surface area contributed by atoms with Crippen molar-refractivity contribution in [1.29, 1.82) is 0 Å². The Morgan fingerprint density at radius 3 is 2.62 bits per heavy atom. The first-order chi connectivity index (χ1) is 12.0. The van der Waals surface area contributed by atoms with Gasteiger partial charge in [0.15, 0.2) is 8.32 Å². The maximum absolute atomic E-state index is 12.2. The van der Waals surface area contributed by atoms with Crippen LogP contribution in [-0.2, 0) is 9.16 Å². The number of nitrogens with zero attached hydrogens (tertiary/aromatic N) is 1. The largest absolute Gasteiger partial charge is 0.411 e. The summed E-state index contributed by atoms with van der Waals surface area (Å²) >= 11 is 0. The minimum absolute atomic E-state index is 0.0675. The number of aryl methyl sites for hydroxylation is 1. The Bertz CT molecular complexity index is 734. The van der Waals surface area contributed by atoms with E-state index in [1.807, 2.05) is 0 Å². The molecule has 8 heteroatoms. The van der Waals surface area contributed by atoms with Gasteiger partial charge in [-0.2, -0.15) is 0 Å². The molecule has 7 nitrogen and oxygen atoms in total. The number of aliphatic hydroxyl groups excluding tert-OH is 1. The first kappa shape index (κ1) is 21.1. The summed E-state index contributed by atoms with van der Waals surface area (Å²) in [5.74, 6) is 0. The molecule has 0 radical (unpaired) electrons. The molecule has 1 aliphatic heterocycles. The molecule has 0 aliphatic carbocycles. The van der Waals surface area contributed by atoms with Crippen LogP contribution in [0.15, 0.2) is 15.8 Å². The highest BCUT2D eigenvalue weighted by molar-refractivity contribution is 6.74. The Hall–Kier alpha value is -1.22. The second-order valence-corrected chi connectivity index (χ2v) is 13.4. The van der Waals surface area contributed by atoms with E-state index in [0.717, 1.165) is 0 Å². The second kappa shape index (κ2) is 7.80. The molecule has 148 valence electrons. The van der Waals surface area contributed by atoms with E-state index in [9.17, 15) is 14.7 Å². The lowest BCUT2D eigenvalue weighted by Crippen LogP contribution is -2.46. The number of rotatable bonds is 6. The maximum Gasteiger partial charge on any atom is 0.330 e. The van der Waals surface area contributed by atoms with Crippen molar-refractivity contribution in [2.45, 2.75) is 83.5 Å². The van der Waals surface area contributed by atoms with E-state index in [4.69, 9.17) is 9.16 Å². The van der Waals surface area contributed by atoms with Crippen LogP contribution in [0.5, 0.6) is 0 Å². The predicted molar refractivity (Wildman–Crippen MR) is 103 cm³/mol. The summed E-state index contributed by atoms with van der Waals surface area (Å²) in [5, 5.41) is 9.25. The standard InChI is InChI=1S/C18H32N2O5Si/c1-12-11-20(17(23)19-16(12)22)15-10-14(13(24-15)8-7-9-21)25-26(5,6)18(2,3)4/h11,13-15,21H,7-10H2,1-6H3,(H,19,22,23)/t13-,14+,15-/m1/s1. The van der Waals surface area contributed by atoms with E-state index >= 15 is 0 Å². The third kappa shape index (κ3) is 4.54. The van der Waals surface area contributed by atoms with Gasteiger partial charge in [-0.15, -0.1) is 0 Å². The van der Waals surface area contributed by atoms with Crippen molar-refractivity contribution in [2.24, 2.45) is 0 Å². The third-order valence-electron chi connectivity index (χ3n) is 5.54. The zero-order valence-electron chi connectivity index (χ0n) is 16.7. The van der Waals surface area contributed by atoms with Crippen LogP contribution < -0.4 is 11.2 Å². The lowest BCUT2D eigenvalue weighted by molar-refractivity contribution is -0.0247. The van der Waals surface area contributed by atoms with Gasteiger partial charge in [0.1, 0.15) is 6.23 Å². The monoisotopic (exact) mass is 384 g/mol. The molecule has 1 aromatic heterocycles. The first-order valence-electron chi connectivity index (χ1n) is 9.22. The van der Waals surface area contributed by atoms with Crippen molar-refractivity contribution in [3.8, 4) is 0 Å². The fourth-order valence-corrected chi connectivity index (χ4v) is 4.26. The molecule has 26 heavy (non-hydrogen) atoms. The van der Waals surface area contributed by atoms with Gasteiger partial charge in [0, 0.05) is 24.8 Å². The molecule has 2 rings (SSSR count).